The third-order valence-corrected chi connectivity index (χ3v) is 3.75. The van der Waals surface area contributed by atoms with E-state index in [-0.39, 0.29) is 17.6 Å². The number of carbonyl (C=O) groups excluding carboxylic acids is 1. The molecule has 0 aliphatic heterocycles. The van der Waals surface area contributed by atoms with Gasteiger partial charge in [-0.1, -0.05) is 6.42 Å². The van der Waals surface area contributed by atoms with Gasteiger partial charge in [0.05, 0.1) is 5.75 Å². The van der Waals surface area contributed by atoms with Crippen molar-refractivity contribution in [2.24, 2.45) is 5.73 Å². The summed E-state index contributed by atoms with van der Waals surface area (Å²) in [6.45, 7) is 5.66. The standard InChI is InChI=1S/C11H21NO2S/c1-11(2,3)14-10(13)7-15-9-6-4-5-8(9)12/h8-9H,4-7,12H2,1-3H3. The lowest BCUT2D eigenvalue weighted by Crippen LogP contribution is -2.29. The van der Waals surface area contributed by atoms with E-state index in [0.717, 1.165) is 12.8 Å². The molecule has 1 fully saturated rings. The Balaban J connectivity index is 2.22. The third-order valence-electron chi connectivity index (χ3n) is 2.34. The minimum absolute atomic E-state index is 0.133. The van der Waals surface area contributed by atoms with E-state index in [1.165, 1.54) is 6.42 Å². The SMILES string of the molecule is CC(C)(C)OC(=O)CSC1CCCC1N. The van der Waals surface area contributed by atoms with E-state index in [1.54, 1.807) is 11.8 Å². The Bertz CT molecular complexity index is 225. The van der Waals surface area contributed by atoms with Crippen LogP contribution in [0.15, 0.2) is 0 Å². The van der Waals surface area contributed by atoms with Gasteiger partial charge in [0.25, 0.3) is 0 Å². The molecule has 1 aliphatic rings. The minimum atomic E-state index is -0.380. The van der Waals surface area contributed by atoms with E-state index in [9.17, 15) is 4.79 Å². The average molecular weight is 231 g/mol. The van der Waals surface area contributed by atoms with Gasteiger partial charge in [0.15, 0.2) is 0 Å². The van der Waals surface area contributed by atoms with E-state index < -0.39 is 0 Å². The molecule has 1 rings (SSSR count). The Hall–Kier alpha value is -0.220. The molecule has 0 aromatic heterocycles. The van der Waals surface area contributed by atoms with Gasteiger partial charge in [0, 0.05) is 11.3 Å². The highest BCUT2D eigenvalue weighted by Crippen LogP contribution is 2.28. The van der Waals surface area contributed by atoms with Gasteiger partial charge in [-0.3, -0.25) is 4.79 Å². The maximum atomic E-state index is 11.4. The van der Waals surface area contributed by atoms with E-state index in [1.807, 2.05) is 20.8 Å². The molecule has 15 heavy (non-hydrogen) atoms. The highest BCUT2D eigenvalue weighted by Gasteiger charge is 2.25. The van der Waals surface area contributed by atoms with Crippen molar-refractivity contribution in [1.29, 1.82) is 0 Å². The normalized spacial score (nSPS) is 26.7. The third kappa shape index (κ3) is 4.89. The number of carbonyl (C=O) groups is 1. The number of thioether (sulfide) groups is 1. The monoisotopic (exact) mass is 231 g/mol. The van der Waals surface area contributed by atoms with Crippen molar-refractivity contribution in [2.75, 3.05) is 5.75 Å². The van der Waals surface area contributed by atoms with Crippen LogP contribution >= 0.6 is 11.8 Å². The Morgan fingerprint density at radius 3 is 2.60 bits per heavy atom. The smallest absolute Gasteiger partial charge is 0.316 e. The molecule has 4 heteroatoms. The van der Waals surface area contributed by atoms with Crippen LogP contribution in [0.5, 0.6) is 0 Å². The number of rotatable bonds is 3. The van der Waals surface area contributed by atoms with E-state index in [4.69, 9.17) is 10.5 Å². The van der Waals surface area contributed by atoms with Crippen LogP contribution < -0.4 is 5.73 Å². The lowest BCUT2D eigenvalue weighted by molar-refractivity contribution is -0.151. The quantitative estimate of drug-likeness (QED) is 0.754. The van der Waals surface area contributed by atoms with Gasteiger partial charge in [-0.2, -0.15) is 0 Å². The van der Waals surface area contributed by atoms with Crippen molar-refractivity contribution in [3.63, 3.8) is 0 Å². The second-order valence-electron chi connectivity index (χ2n) is 5.03. The topological polar surface area (TPSA) is 52.3 Å². The van der Waals surface area contributed by atoms with Crippen molar-refractivity contribution in [3.8, 4) is 0 Å². The first-order valence-electron chi connectivity index (χ1n) is 5.47. The summed E-state index contributed by atoms with van der Waals surface area (Å²) < 4.78 is 5.23. The predicted molar refractivity (Wildman–Crippen MR) is 63.9 cm³/mol. The second-order valence-corrected chi connectivity index (χ2v) is 6.26. The molecule has 2 atom stereocenters. The van der Waals surface area contributed by atoms with E-state index in [0.29, 0.717) is 11.0 Å². The Morgan fingerprint density at radius 1 is 1.47 bits per heavy atom. The molecule has 1 aliphatic carbocycles. The molecular formula is C11H21NO2S. The van der Waals surface area contributed by atoms with Crippen LogP contribution in [-0.4, -0.2) is 28.6 Å². The first-order valence-corrected chi connectivity index (χ1v) is 6.52. The molecule has 2 N–H and O–H groups in total. The van der Waals surface area contributed by atoms with E-state index in [2.05, 4.69) is 0 Å². The largest absolute Gasteiger partial charge is 0.459 e. The van der Waals surface area contributed by atoms with Crippen LogP contribution in [0.25, 0.3) is 0 Å². The Kier molecular flexibility index (Phi) is 4.46. The molecule has 2 unspecified atom stereocenters. The maximum absolute atomic E-state index is 11.4. The van der Waals surface area contributed by atoms with Crippen molar-refractivity contribution < 1.29 is 9.53 Å². The molecule has 0 heterocycles. The van der Waals surface area contributed by atoms with Crippen LogP contribution in [0, 0.1) is 0 Å². The lowest BCUT2D eigenvalue weighted by Gasteiger charge is -2.20. The Morgan fingerprint density at radius 2 is 2.13 bits per heavy atom. The summed E-state index contributed by atoms with van der Waals surface area (Å²) in [6.07, 6.45) is 3.41. The summed E-state index contributed by atoms with van der Waals surface area (Å²) in [5.74, 6) is 0.293. The highest BCUT2D eigenvalue weighted by molar-refractivity contribution is 8.00. The molecule has 0 aromatic carbocycles. The molecule has 88 valence electrons. The van der Waals surface area contributed by atoms with Crippen molar-refractivity contribution in [3.05, 3.63) is 0 Å². The summed E-state index contributed by atoms with van der Waals surface area (Å²) in [4.78, 5) is 11.4. The van der Waals surface area contributed by atoms with Crippen LogP contribution in [0.1, 0.15) is 40.0 Å². The zero-order valence-electron chi connectivity index (χ0n) is 9.79. The van der Waals surface area contributed by atoms with Crippen LogP contribution in [-0.2, 0) is 9.53 Å². The average Bonchev–Trinajstić information content (AvgIpc) is 2.44. The molecule has 0 aromatic rings. The maximum Gasteiger partial charge on any atom is 0.316 e. The zero-order valence-corrected chi connectivity index (χ0v) is 10.6. The van der Waals surface area contributed by atoms with Crippen molar-refractivity contribution in [1.82, 2.24) is 0 Å². The van der Waals surface area contributed by atoms with Gasteiger partial charge >= 0.3 is 5.97 Å². The van der Waals surface area contributed by atoms with Gasteiger partial charge in [-0.15, -0.1) is 11.8 Å². The molecule has 3 nitrogen and oxygen atoms in total. The molecular weight excluding hydrogens is 210 g/mol. The first-order chi connectivity index (χ1) is 6.88. The number of hydrogen-bond acceptors (Lipinski definition) is 4. The number of nitrogens with two attached hydrogens (primary N) is 1. The summed E-state index contributed by atoms with van der Waals surface area (Å²) in [6, 6.07) is 0.262. The van der Waals surface area contributed by atoms with Crippen LogP contribution in [0.3, 0.4) is 0 Å². The molecule has 0 radical (unpaired) electrons. The lowest BCUT2D eigenvalue weighted by atomic mass is 10.2. The predicted octanol–water partition coefficient (Wildman–Crippen LogP) is 1.94. The first kappa shape index (κ1) is 12.8. The van der Waals surface area contributed by atoms with Gasteiger partial charge in [0.2, 0.25) is 0 Å². The fourth-order valence-electron chi connectivity index (χ4n) is 1.71. The van der Waals surface area contributed by atoms with Gasteiger partial charge in [-0.25, -0.2) is 0 Å². The summed E-state index contributed by atoms with van der Waals surface area (Å²) in [5, 5.41) is 0.442. The number of hydrogen-bond donors (Lipinski definition) is 1. The summed E-state index contributed by atoms with van der Waals surface area (Å²) in [7, 11) is 0. The van der Waals surface area contributed by atoms with Gasteiger partial charge in [0.1, 0.15) is 5.60 Å². The van der Waals surface area contributed by atoms with Gasteiger partial charge < -0.3 is 10.5 Å². The molecule has 0 saturated heterocycles. The Labute approximate surface area is 96.1 Å². The number of esters is 1. The van der Waals surface area contributed by atoms with Crippen LogP contribution in [0.2, 0.25) is 0 Å². The van der Waals surface area contributed by atoms with Crippen molar-refractivity contribution >= 4 is 17.7 Å². The summed E-state index contributed by atoms with van der Waals surface area (Å²) in [5.41, 5.74) is 5.54. The summed E-state index contributed by atoms with van der Waals surface area (Å²) >= 11 is 1.64. The zero-order chi connectivity index (χ0) is 11.5. The fraction of sp³-hybridized carbons (Fsp3) is 0.909. The molecule has 0 amide bonds. The van der Waals surface area contributed by atoms with E-state index >= 15 is 0 Å². The second kappa shape index (κ2) is 5.21. The fourth-order valence-corrected chi connectivity index (χ4v) is 2.83. The number of ether oxygens (including phenoxy) is 1. The molecule has 0 bridgehead atoms. The minimum Gasteiger partial charge on any atom is -0.459 e. The highest BCUT2D eigenvalue weighted by atomic mass is 32.2. The van der Waals surface area contributed by atoms with Crippen molar-refractivity contribution in [2.45, 2.75) is 56.9 Å². The molecule has 1 saturated carbocycles. The van der Waals surface area contributed by atoms with Crippen LogP contribution in [0.4, 0.5) is 0 Å². The molecule has 0 spiro atoms. The van der Waals surface area contributed by atoms with Gasteiger partial charge in [-0.05, 0) is 33.6 Å².